The van der Waals surface area contributed by atoms with Crippen LogP contribution in [0.2, 0.25) is 0 Å². The Morgan fingerprint density at radius 1 is 1.32 bits per heavy atom. The molecule has 0 aliphatic carbocycles. The molecule has 9 nitrogen and oxygen atoms in total. The molecule has 3 rings (SSSR count). The molecule has 31 heavy (non-hydrogen) atoms. The Labute approximate surface area is 182 Å². The highest BCUT2D eigenvalue weighted by Gasteiger charge is 2.24. The number of aromatic nitrogens is 3. The van der Waals surface area contributed by atoms with E-state index in [0.29, 0.717) is 50.2 Å². The summed E-state index contributed by atoms with van der Waals surface area (Å²) >= 11 is 0. The first kappa shape index (κ1) is 22.9. The molecule has 0 radical (unpaired) electrons. The van der Waals surface area contributed by atoms with Crippen LogP contribution in [-0.2, 0) is 22.7 Å². The van der Waals surface area contributed by atoms with Gasteiger partial charge in [0.25, 0.3) is 5.91 Å². The number of carbonyl (C=O) groups excluding carboxylic acids is 2. The lowest BCUT2D eigenvalue weighted by Crippen LogP contribution is -2.44. The monoisotopic (exact) mass is 429 g/mol. The molecule has 2 aromatic rings. The first-order chi connectivity index (χ1) is 15.0. The maximum absolute atomic E-state index is 12.8. The van der Waals surface area contributed by atoms with Crippen LogP contribution in [0.1, 0.15) is 42.2 Å². The molecular formula is C22H31N5O4. The molecule has 168 valence electrons. The lowest BCUT2D eigenvalue weighted by atomic mass is 10.1. The maximum Gasteiger partial charge on any atom is 0.253 e. The second-order valence-corrected chi connectivity index (χ2v) is 7.97. The van der Waals surface area contributed by atoms with Gasteiger partial charge in [0.05, 0.1) is 31.6 Å². The van der Waals surface area contributed by atoms with Crippen LogP contribution in [0.15, 0.2) is 36.5 Å². The van der Waals surface area contributed by atoms with Crippen molar-refractivity contribution in [3.05, 3.63) is 47.8 Å². The van der Waals surface area contributed by atoms with Crippen molar-refractivity contribution in [3.63, 3.8) is 0 Å². The fourth-order valence-corrected chi connectivity index (χ4v) is 3.64. The van der Waals surface area contributed by atoms with Gasteiger partial charge in [0.1, 0.15) is 5.69 Å². The van der Waals surface area contributed by atoms with Gasteiger partial charge in [-0.05, 0) is 31.9 Å². The Kier molecular flexibility index (Phi) is 8.13. The molecule has 2 amide bonds. The van der Waals surface area contributed by atoms with Gasteiger partial charge in [-0.3, -0.25) is 14.3 Å². The van der Waals surface area contributed by atoms with Crippen LogP contribution in [0.5, 0.6) is 0 Å². The molecule has 1 aliphatic heterocycles. The second kappa shape index (κ2) is 11.0. The summed E-state index contributed by atoms with van der Waals surface area (Å²) in [5, 5.41) is 17.8. The predicted molar refractivity (Wildman–Crippen MR) is 114 cm³/mol. The molecule has 0 spiro atoms. The number of rotatable bonds is 5. The summed E-state index contributed by atoms with van der Waals surface area (Å²) in [6.07, 6.45) is 3.08. The average molecular weight is 430 g/mol. The lowest BCUT2D eigenvalue weighted by Gasteiger charge is -2.31. The van der Waals surface area contributed by atoms with Gasteiger partial charge in [-0.25, -0.2) is 0 Å². The van der Waals surface area contributed by atoms with Gasteiger partial charge in [0.2, 0.25) is 5.91 Å². The zero-order valence-corrected chi connectivity index (χ0v) is 18.2. The van der Waals surface area contributed by atoms with E-state index >= 15 is 0 Å². The van der Waals surface area contributed by atoms with Gasteiger partial charge in [0.15, 0.2) is 0 Å². The summed E-state index contributed by atoms with van der Waals surface area (Å²) in [6, 6.07) is 8.83. The molecule has 1 aliphatic rings. The standard InChI is InChI=1S/C22H31N5O4/c1-17(15-28)27-12-10-20(14-25(2)22(30)18-7-4-3-5-8-18)31-16-19-13-26(24-23-19)11-6-9-21(27)29/h3-5,7-8,13,17,20,28H,6,9-12,14-16H2,1-2H3/t17-,20+/m0/s1. The van der Waals surface area contributed by atoms with Crippen LogP contribution in [0.25, 0.3) is 0 Å². The maximum atomic E-state index is 12.8. The number of carbonyl (C=O) groups is 2. The Balaban J connectivity index is 1.74. The lowest BCUT2D eigenvalue weighted by molar-refractivity contribution is -0.134. The molecule has 1 aromatic carbocycles. The third-order valence-electron chi connectivity index (χ3n) is 5.48. The molecule has 0 saturated heterocycles. The third-order valence-corrected chi connectivity index (χ3v) is 5.48. The van der Waals surface area contributed by atoms with Crippen molar-refractivity contribution < 1.29 is 19.4 Å². The SMILES string of the molecule is C[C@@H](CO)N1CC[C@H](CN(C)C(=O)c2ccccc2)OCc2cn(nn2)CCCC1=O. The van der Waals surface area contributed by atoms with Crippen LogP contribution >= 0.6 is 0 Å². The van der Waals surface area contributed by atoms with E-state index in [1.54, 1.807) is 33.7 Å². The zero-order chi connectivity index (χ0) is 22.2. The second-order valence-electron chi connectivity index (χ2n) is 7.97. The van der Waals surface area contributed by atoms with Crippen molar-refractivity contribution in [2.75, 3.05) is 26.7 Å². The number of fused-ring (bicyclic) bond motifs is 2. The molecule has 2 heterocycles. The highest BCUT2D eigenvalue weighted by molar-refractivity contribution is 5.94. The van der Waals surface area contributed by atoms with Crippen molar-refractivity contribution in [1.82, 2.24) is 24.8 Å². The summed E-state index contributed by atoms with van der Waals surface area (Å²) in [5.74, 6) is -0.0941. The number of amides is 2. The van der Waals surface area contributed by atoms with E-state index < -0.39 is 0 Å². The molecule has 0 unspecified atom stereocenters. The van der Waals surface area contributed by atoms with Crippen molar-refractivity contribution in [3.8, 4) is 0 Å². The minimum absolute atomic E-state index is 0.00592. The molecule has 2 atom stereocenters. The number of hydrogen-bond donors (Lipinski definition) is 1. The fourth-order valence-electron chi connectivity index (χ4n) is 3.64. The number of aryl methyl sites for hydroxylation is 1. The Morgan fingerprint density at radius 3 is 2.84 bits per heavy atom. The van der Waals surface area contributed by atoms with E-state index in [4.69, 9.17) is 4.74 Å². The van der Waals surface area contributed by atoms with Crippen molar-refractivity contribution in [2.24, 2.45) is 0 Å². The minimum Gasteiger partial charge on any atom is -0.394 e. The summed E-state index contributed by atoms with van der Waals surface area (Å²) in [5.41, 5.74) is 1.33. The van der Waals surface area contributed by atoms with Crippen LogP contribution in [-0.4, -0.2) is 80.6 Å². The van der Waals surface area contributed by atoms with Gasteiger partial charge >= 0.3 is 0 Å². The predicted octanol–water partition coefficient (Wildman–Crippen LogP) is 1.33. The van der Waals surface area contributed by atoms with Crippen LogP contribution in [0.3, 0.4) is 0 Å². The summed E-state index contributed by atoms with van der Waals surface area (Å²) < 4.78 is 7.81. The molecule has 0 saturated carbocycles. The summed E-state index contributed by atoms with van der Waals surface area (Å²) in [7, 11) is 1.75. The first-order valence-electron chi connectivity index (χ1n) is 10.7. The largest absolute Gasteiger partial charge is 0.394 e. The highest BCUT2D eigenvalue weighted by atomic mass is 16.5. The van der Waals surface area contributed by atoms with E-state index in [0.717, 1.165) is 0 Å². The molecule has 1 aromatic heterocycles. The van der Waals surface area contributed by atoms with E-state index in [2.05, 4.69) is 10.3 Å². The quantitative estimate of drug-likeness (QED) is 0.770. The molecule has 9 heteroatoms. The van der Waals surface area contributed by atoms with E-state index in [-0.39, 0.29) is 37.2 Å². The van der Waals surface area contributed by atoms with E-state index in [1.165, 1.54) is 0 Å². The normalized spacial score (nSPS) is 19.1. The Hall–Kier alpha value is -2.78. The Morgan fingerprint density at radius 2 is 2.10 bits per heavy atom. The molecular weight excluding hydrogens is 398 g/mol. The molecule has 2 bridgehead atoms. The minimum atomic E-state index is -0.301. The smallest absolute Gasteiger partial charge is 0.253 e. The van der Waals surface area contributed by atoms with Gasteiger partial charge in [-0.2, -0.15) is 0 Å². The molecule has 0 fully saturated rings. The number of benzene rings is 1. The number of nitrogens with zero attached hydrogens (tertiary/aromatic N) is 5. The zero-order valence-electron chi connectivity index (χ0n) is 18.2. The van der Waals surface area contributed by atoms with Gasteiger partial charge in [-0.1, -0.05) is 23.4 Å². The van der Waals surface area contributed by atoms with Gasteiger partial charge < -0.3 is 19.6 Å². The molecule has 1 N–H and O–H groups in total. The topological polar surface area (TPSA) is 101 Å². The number of likely N-dealkylation sites (N-methyl/N-ethyl adjacent to an activating group) is 1. The van der Waals surface area contributed by atoms with Crippen molar-refractivity contribution in [1.29, 1.82) is 0 Å². The van der Waals surface area contributed by atoms with Crippen molar-refractivity contribution >= 4 is 11.8 Å². The number of aliphatic hydroxyl groups is 1. The Bertz CT molecular complexity index is 857. The van der Waals surface area contributed by atoms with Crippen molar-refractivity contribution in [2.45, 2.75) is 51.5 Å². The number of hydrogen-bond acceptors (Lipinski definition) is 6. The summed E-state index contributed by atoms with van der Waals surface area (Å²) in [4.78, 5) is 28.9. The first-order valence-corrected chi connectivity index (χ1v) is 10.7. The highest BCUT2D eigenvalue weighted by Crippen LogP contribution is 2.14. The van der Waals surface area contributed by atoms with Crippen LogP contribution in [0, 0.1) is 0 Å². The fraction of sp³-hybridized carbons (Fsp3) is 0.545. The average Bonchev–Trinajstić information content (AvgIpc) is 3.24. The number of ether oxygens (including phenoxy) is 1. The van der Waals surface area contributed by atoms with Crippen LogP contribution < -0.4 is 0 Å². The number of aliphatic hydroxyl groups excluding tert-OH is 1. The van der Waals surface area contributed by atoms with Crippen LogP contribution in [0.4, 0.5) is 0 Å². The van der Waals surface area contributed by atoms with E-state index in [9.17, 15) is 14.7 Å². The van der Waals surface area contributed by atoms with Gasteiger partial charge in [-0.15, -0.1) is 5.10 Å². The van der Waals surface area contributed by atoms with Gasteiger partial charge in [0, 0.05) is 38.7 Å². The third kappa shape index (κ3) is 6.35. The summed E-state index contributed by atoms with van der Waals surface area (Å²) in [6.45, 7) is 3.43. The van der Waals surface area contributed by atoms with E-state index in [1.807, 2.05) is 31.3 Å².